The molecule has 106 valence electrons. The number of nitrogens with zero attached hydrogens (tertiary/aromatic N) is 1. The summed E-state index contributed by atoms with van der Waals surface area (Å²) in [5, 5.41) is 3.28. The van der Waals surface area contributed by atoms with E-state index in [4.69, 9.17) is 0 Å². The Morgan fingerprint density at radius 3 is 1.90 bits per heavy atom. The number of para-hydroxylation sites is 1. The second-order valence-corrected chi connectivity index (χ2v) is 4.98. The molecule has 3 rings (SSSR count). The van der Waals surface area contributed by atoms with Crippen LogP contribution in [0.2, 0.25) is 0 Å². The van der Waals surface area contributed by atoms with Gasteiger partial charge in [-0.2, -0.15) is 0 Å². The van der Waals surface area contributed by atoms with E-state index in [1.807, 2.05) is 60.7 Å². The monoisotopic (exact) mass is 280 g/mol. The lowest BCUT2D eigenvalue weighted by Crippen LogP contribution is -2.37. The van der Waals surface area contributed by atoms with Gasteiger partial charge in [0.25, 0.3) is 0 Å². The van der Waals surface area contributed by atoms with Gasteiger partial charge in [-0.05, 0) is 17.7 Å². The minimum absolute atomic E-state index is 0.128. The number of anilines is 1. The van der Waals surface area contributed by atoms with Crippen molar-refractivity contribution in [3.8, 4) is 0 Å². The van der Waals surface area contributed by atoms with Crippen LogP contribution in [0.5, 0.6) is 0 Å². The molecule has 1 heterocycles. The van der Waals surface area contributed by atoms with Crippen molar-refractivity contribution >= 4 is 17.5 Å². The summed E-state index contributed by atoms with van der Waals surface area (Å²) in [5.41, 5.74) is 1.77. The van der Waals surface area contributed by atoms with Crippen molar-refractivity contribution in [2.75, 3.05) is 5.32 Å². The van der Waals surface area contributed by atoms with E-state index in [9.17, 15) is 9.59 Å². The highest BCUT2D eigenvalue weighted by molar-refractivity contribution is 6.02. The van der Waals surface area contributed by atoms with Gasteiger partial charge in [-0.15, -0.1) is 0 Å². The second kappa shape index (κ2) is 5.79. The maximum absolute atomic E-state index is 12.1. The number of likely N-dealkylation sites (tertiary alicyclic amines) is 1. The quantitative estimate of drug-likeness (QED) is 0.876. The highest BCUT2D eigenvalue weighted by atomic mass is 16.2. The molecule has 0 aromatic heterocycles. The molecule has 1 N–H and O–H groups in total. The van der Waals surface area contributed by atoms with Crippen molar-refractivity contribution in [3.63, 3.8) is 0 Å². The van der Waals surface area contributed by atoms with E-state index in [0.717, 1.165) is 11.3 Å². The van der Waals surface area contributed by atoms with Gasteiger partial charge in [0, 0.05) is 18.5 Å². The topological polar surface area (TPSA) is 49.4 Å². The van der Waals surface area contributed by atoms with Crippen molar-refractivity contribution in [2.24, 2.45) is 0 Å². The maximum atomic E-state index is 12.1. The first-order valence-corrected chi connectivity index (χ1v) is 6.97. The molecule has 2 amide bonds. The lowest BCUT2D eigenvalue weighted by atomic mass is 10.1. The van der Waals surface area contributed by atoms with Crippen LogP contribution in [0.25, 0.3) is 0 Å². The molecule has 0 aliphatic carbocycles. The average molecular weight is 280 g/mol. The molecule has 0 radical (unpaired) electrons. The fourth-order valence-electron chi connectivity index (χ4n) is 2.51. The summed E-state index contributed by atoms with van der Waals surface area (Å²) in [5.74, 6) is -0.255. The van der Waals surface area contributed by atoms with E-state index < -0.39 is 6.17 Å². The Kier molecular flexibility index (Phi) is 3.69. The number of hydrogen-bond acceptors (Lipinski definition) is 3. The van der Waals surface area contributed by atoms with Gasteiger partial charge in [0.15, 0.2) is 0 Å². The number of amides is 2. The number of nitrogens with one attached hydrogen (secondary N) is 1. The molecule has 2 aromatic carbocycles. The van der Waals surface area contributed by atoms with E-state index in [1.54, 1.807) is 0 Å². The van der Waals surface area contributed by atoms with Crippen LogP contribution in [0.3, 0.4) is 0 Å². The first-order valence-electron chi connectivity index (χ1n) is 6.97. The van der Waals surface area contributed by atoms with E-state index >= 15 is 0 Å². The number of rotatable bonds is 4. The van der Waals surface area contributed by atoms with E-state index in [1.165, 1.54) is 4.90 Å². The molecule has 1 fully saturated rings. The van der Waals surface area contributed by atoms with Gasteiger partial charge >= 0.3 is 0 Å². The maximum Gasteiger partial charge on any atom is 0.231 e. The van der Waals surface area contributed by atoms with Gasteiger partial charge in [-0.25, -0.2) is 0 Å². The molecule has 4 heteroatoms. The predicted molar refractivity (Wildman–Crippen MR) is 80.3 cm³/mol. The third-order valence-electron chi connectivity index (χ3n) is 3.54. The Morgan fingerprint density at radius 1 is 0.810 bits per heavy atom. The zero-order valence-corrected chi connectivity index (χ0v) is 11.5. The van der Waals surface area contributed by atoms with E-state index in [2.05, 4.69) is 5.32 Å². The number of carbonyl (C=O) groups excluding carboxylic acids is 2. The number of benzene rings is 2. The van der Waals surface area contributed by atoms with Crippen LogP contribution in [0.15, 0.2) is 60.7 Å². The minimum Gasteiger partial charge on any atom is -0.361 e. The summed E-state index contributed by atoms with van der Waals surface area (Å²) in [6.07, 6.45) is 0.119. The predicted octanol–water partition coefficient (Wildman–Crippen LogP) is 2.95. The summed E-state index contributed by atoms with van der Waals surface area (Å²) in [6.45, 7) is 0. The molecule has 1 aliphatic heterocycles. The largest absolute Gasteiger partial charge is 0.361 e. The Bertz CT molecular complexity index is 624. The van der Waals surface area contributed by atoms with Gasteiger partial charge in [0.1, 0.15) is 6.17 Å². The molecule has 2 aromatic rings. The number of carbonyl (C=O) groups is 2. The van der Waals surface area contributed by atoms with E-state index in [0.29, 0.717) is 12.8 Å². The van der Waals surface area contributed by atoms with Gasteiger partial charge < -0.3 is 5.32 Å². The van der Waals surface area contributed by atoms with Crippen molar-refractivity contribution in [3.05, 3.63) is 66.2 Å². The number of imide groups is 1. The SMILES string of the molecule is O=C1CCC(=O)N1C(Nc1ccccc1)c1ccccc1. The molecular weight excluding hydrogens is 264 g/mol. The molecule has 1 aliphatic rings. The molecule has 0 bridgehead atoms. The zero-order valence-electron chi connectivity index (χ0n) is 11.5. The van der Waals surface area contributed by atoms with Gasteiger partial charge in [-0.1, -0.05) is 48.5 Å². The lowest BCUT2D eigenvalue weighted by molar-refractivity contribution is -0.140. The molecular formula is C17H16N2O2. The summed E-state index contributed by atoms with van der Waals surface area (Å²) in [7, 11) is 0. The molecule has 0 spiro atoms. The molecule has 21 heavy (non-hydrogen) atoms. The Hall–Kier alpha value is -2.62. The van der Waals surface area contributed by atoms with Crippen molar-refractivity contribution in [1.29, 1.82) is 0 Å². The van der Waals surface area contributed by atoms with Crippen LogP contribution in [0.1, 0.15) is 24.6 Å². The molecule has 1 atom stereocenters. The first-order chi connectivity index (χ1) is 10.3. The summed E-state index contributed by atoms with van der Waals surface area (Å²) >= 11 is 0. The Morgan fingerprint density at radius 2 is 1.33 bits per heavy atom. The van der Waals surface area contributed by atoms with Crippen molar-refractivity contribution in [1.82, 2.24) is 4.90 Å². The summed E-state index contributed by atoms with van der Waals surface area (Å²) < 4.78 is 0. The molecule has 4 nitrogen and oxygen atoms in total. The van der Waals surface area contributed by atoms with Crippen LogP contribution in [0, 0.1) is 0 Å². The zero-order chi connectivity index (χ0) is 14.7. The normalized spacial score (nSPS) is 16.1. The van der Waals surface area contributed by atoms with Crippen LogP contribution in [0.4, 0.5) is 5.69 Å². The van der Waals surface area contributed by atoms with Crippen LogP contribution in [-0.2, 0) is 9.59 Å². The second-order valence-electron chi connectivity index (χ2n) is 4.98. The smallest absolute Gasteiger partial charge is 0.231 e. The van der Waals surface area contributed by atoms with Crippen LogP contribution >= 0.6 is 0 Å². The van der Waals surface area contributed by atoms with Crippen molar-refractivity contribution < 1.29 is 9.59 Å². The minimum atomic E-state index is -0.462. The molecule has 1 saturated heterocycles. The van der Waals surface area contributed by atoms with E-state index in [-0.39, 0.29) is 11.8 Å². The molecule has 0 saturated carbocycles. The first kappa shape index (κ1) is 13.4. The third-order valence-corrected chi connectivity index (χ3v) is 3.54. The fourth-order valence-corrected chi connectivity index (χ4v) is 2.51. The van der Waals surface area contributed by atoms with Crippen molar-refractivity contribution in [2.45, 2.75) is 19.0 Å². The van der Waals surface area contributed by atoms with Gasteiger partial charge in [0.05, 0.1) is 0 Å². The third kappa shape index (κ3) is 2.79. The van der Waals surface area contributed by atoms with Crippen LogP contribution in [-0.4, -0.2) is 16.7 Å². The average Bonchev–Trinajstić information content (AvgIpc) is 2.86. The Labute approximate surface area is 123 Å². The summed E-state index contributed by atoms with van der Waals surface area (Å²) in [6, 6.07) is 19.1. The van der Waals surface area contributed by atoms with Gasteiger partial charge in [-0.3, -0.25) is 14.5 Å². The Balaban J connectivity index is 1.95. The lowest BCUT2D eigenvalue weighted by Gasteiger charge is -2.28. The van der Waals surface area contributed by atoms with Crippen LogP contribution < -0.4 is 5.32 Å². The fraction of sp³-hybridized carbons (Fsp3) is 0.176. The number of hydrogen-bond donors (Lipinski definition) is 1. The molecule has 1 unspecified atom stereocenters. The highest BCUT2D eigenvalue weighted by Crippen LogP contribution is 2.28. The van der Waals surface area contributed by atoms with Gasteiger partial charge in [0.2, 0.25) is 11.8 Å². The highest BCUT2D eigenvalue weighted by Gasteiger charge is 2.35. The standard InChI is InChI=1S/C17H16N2O2/c20-15-11-12-16(21)19(15)17(13-7-3-1-4-8-13)18-14-9-5-2-6-10-14/h1-10,17-18H,11-12H2. The summed E-state index contributed by atoms with van der Waals surface area (Å²) in [4.78, 5) is 25.4.